The molecule has 0 saturated carbocycles. The molecule has 1 heterocycles. The number of amides is 1. The van der Waals surface area contributed by atoms with Gasteiger partial charge in [-0.05, 0) is 54.2 Å². The third-order valence-electron chi connectivity index (χ3n) is 4.68. The lowest BCUT2D eigenvalue weighted by Gasteiger charge is -2.27. The Morgan fingerprint density at radius 1 is 1.17 bits per heavy atom. The molecule has 23 heavy (non-hydrogen) atoms. The van der Waals surface area contributed by atoms with E-state index >= 15 is 0 Å². The molecule has 0 spiro atoms. The van der Waals surface area contributed by atoms with Gasteiger partial charge < -0.3 is 10.1 Å². The van der Waals surface area contributed by atoms with Crippen LogP contribution in [0.3, 0.4) is 0 Å². The molecule has 1 N–H and O–H groups in total. The number of rotatable bonds is 2. The molecule has 0 radical (unpaired) electrons. The molecule has 2 atom stereocenters. The van der Waals surface area contributed by atoms with Crippen molar-refractivity contribution in [3.05, 3.63) is 64.2 Å². The van der Waals surface area contributed by atoms with Gasteiger partial charge in [0.25, 0.3) is 5.91 Å². The molecule has 0 bridgehead atoms. The molecular weight excluding hydrogens is 310 g/mol. The summed E-state index contributed by atoms with van der Waals surface area (Å²) in [7, 11) is 0. The fraction of sp³-hybridized carbons (Fsp3) is 0.316. The van der Waals surface area contributed by atoms with Crippen molar-refractivity contribution in [1.82, 2.24) is 5.32 Å². The monoisotopic (exact) mass is 327 g/mol. The Hall–Kier alpha value is -2.00. The number of hydrogen-bond acceptors (Lipinski definition) is 2. The summed E-state index contributed by atoms with van der Waals surface area (Å²) in [6, 6.07) is 13.9. The first-order valence-electron chi connectivity index (χ1n) is 8.04. The van der Waals surface area contributed by atoms with Crippen LogP contribution in [0.5, 0.6) is 5.75 Å². The molecule has 4 heteroatoms. The summed E-state index contributed by atoms with van der Waals surface area (Å²) in [6.45, 7) is 0. The standard InChI is InChI=1S/C19H18ClNO2/c20-14-8-9-17-13(10-14)11-18(23-17)19(22)21-16-7-3-5-12-4-1-2-6-15(12)16/h1-2,4,6,8-10,16,18H,3,5,7,11H2,(H,21,22)/t16-,18+/m1/s1. The van der Waals surface area contributed by atoms with Gasteiger partial charge in [-0.1, -0.05) is 35.9 Å². The minimum atomic E-state index is -0.461. The Bertz CT molecular complexity index is 759. The first-order valence-corrected chi connectivity index (χ1v) is 8.42. The highest BCUT2D eigenvalue weighted by Crippen LogP contribution is 2.33. The molecule has 1 aliphatic carbocycles. The van der Waals surface area contributed by atoms with Crippen LogP contribution >= 0.6 is 11.6 Å². The van der Waals surface area contributed by atoms with Crippen molar-refractivity contribution >= 4 is 17.5 Å². The van der Waals surface area contributed by atoms with Gasteiger partial charge in [0.1, 0.15) is 5.75 Å². The summed E-state index contributed by atoms with van der Waals surface area (Å²) in [5.41, 5.74) is 3.58. The summed E-state index contributed by atoms with van der Waals surface area (Å²) in [4.78, 5) is 12.6. The maximum atomic E-state index is 12.6. The quantitative estimate of drug-likeness (QED) is 0.910. The van der Waals surface area contributed by atoms with Crippen LogP contribution in [0, 0.1) is 0 Å². The van der Waals surface area contributed by atoms with Gasteiger partial charge in [-0.15, -0.1) is 0 Å². The zero-order chi connectivity index (χ0) is 15.8. The van der Waals surface area contributed by atoms with Gasteiger partial charge in [-0.2, -0.15) is 0 Å². The molecule has 118 valence electrons. The molecule has 0 saturated heterocycles. The van der Waals surface area contributed by atoms with Gasteiger partial charge in [0, 0.05) is 11.4 Å². The van der Waals surface area contributed by atoms with Gasteiger partial charge in [-0.25, -0.2) is 0 Å². The molecule has 4 rings (SSSR count). The normalized spacial score (nSPS) is 22.0. The van der Waals surface area contributed by atoms with Gasteiger partial charge >= 0.3 is 0 Å². The van der Waals surface area contributed by atoms with E-state index in [0.717, 1.165) is 30.6 Å². The third-order valence-corrected chi connectivity index (χ3v) is 4.91. The van der Waals surface area contributed by atoms with Gasteiger partial charge in [0.05, 0.1) is 6.04 Å². The Balaban J connectivity index is 1.48. The topological polar surface area (TPSA) is 38.3 Å². The largest absolute Gasteiger partial charge is 0.480 e. The predicted octanol–water partition coefficient (Wildman–Crippen LogP) is 3.84. The lowest BCUT2D eigenvalue weighted by Crippen LogP contribution is -2.40. The molecular formula is C19H18ClNO2. The summed E-state index contributed by atoms with van der Waals surface area (Å²) in [5.74, 6) is 0.720. The van der Waals surface area contributed by atoms with Crippen LogP contribution < -0.4 is 10.1 Å². The average molecular weight is 328 g/mol. The Labute approximate surface area is 140 Å². The van der Waals surface area contributed by atoms with E-state index in [2.05, 4.69) is 23.5 Å². The van der Waals surface area contributed by atoms with E-state index in [0.29, 0.717) is 11.4 Å². The molecule has 1 amide bonds. The number of halogens is 1. The number of carbonyl (C=O) groups excluding carboxylic acids is 1. The lowest BCUT2D eigenvalue weighted by molar-refractivity contribution is -0.128. The molecule has 2 aromatic carbocycles. The summed E-state index contributed by atoms with van der Waals surface area (Å²) in [6.07, 6.45) is 3.29. The fourth-order valence-corrected chi connectivity index (χ4v) is 3.73. The van der Waals surface area contributed by atoms with E-state index in [4.69, 9.17) is 16.3 Å². The fourth-order valence-electron chi connectivity index (χ4n) is 3.53. The molecule has 0 aromatic heterocycles. The molecule has 0 fully saturated rings. The van der Waals surface area contributed by atoms with Crippen LogP contribution in [-0.4, -0.2) is 12.0 Å². The third kappa shape index (κ3) is 2.81. The van der Waals surface area contributed by atoms with E-state index in [1.807, 2.05) is 18.2 Å². The minimum absolute atomic E-state index is 0.0426. The van der Waals surface area contributed by atoms with Crippen LogP contribution in [0.25, 0.3) is 0 Å². The maximum absolute atomic E-state index is 12.6. The molecule has 2 aromatic rings. The van der Waals surface area contributed by atoms with Crippen LogP contribution in [0.2, 0.25) is 5.02 Å². The number of fused-ring (bicyclic) bond motifs is 2. The molecule has 3 nitrogen and oxygen atoms in total. The SMILES string of the molecule is O=C(N[C@@H]1CCCc2ccccc21)[C@@H]1Cc2cc(Cl)ccc2O1. The van der Waals surface area contributed by atoms with Crippen LogP contribution in [0.15, 0.2) is 42.5 Å². The van der Waals surface area contributed by atoms with E-state index in [9.17, 15) is 4.79 Å². The van der Waals surface area contributed by atoms with Crippen LogP contribution in [-0.2, 0) is 17.6 Å². The van der Waals surface area contributed by atoms with Crippen molar-refractivity contribution in [1.29, 1.82) is 0 Å². The lowest BCUT2D eigenvalue weighted by atomic mass is 9.87. The minimum Gasteiger partial charge on any atom is -0.480 e. The highest BCUT2D eigenvalue weighted by atomic mass is 35.5. The first-order chi connectivity index (χ1) is 11.2. The Kier molecular flexibility index (Phi) is 3.74. The second-order valence-corrected chi connectivity index (χ2v) is 6.65. The van der Waals surface area contributed by atoms with Crippen LogP contribution in [0.1, 0.15) is 35.6 Å². The van der Waals surface area contributed by atoms with Crippen molar-refractivity contribution in [2.45, 2.75) is 37.8 Å². The zero-order valence-electron chi connectivity index (χ0n) is 12.7. The highest BCUT2D eigenvalue weighted by Gasteiger charge is 2.31. The zero-order valence-corrected chi connectivity index (χ0v) is 13.5. The highest BCUT2D eigenvalue weighted by molar-refractivity contribution is 6.30. The number of carbonyl (C=O) groups is 1. The molecule has 0 unspecified atom stereocenters. The van der Waals surface area contributed by atoms with E-state index < -0.39 is 6.10 Å². The molecule has 2 aliphatic rings. The van der Waals surface area contributed by atoms with E-state index in [-0.39, 0.29) is 11.9 Å². The molecule has 1 aliphatic heterocycles. The van der Waals surface area contributed by atoms with Gasteiger partial charge in [0.2, 0.25) is 0 Å². The summed E-state index contributed by atoms with van der Waals surface area (Å²) < 4.78 is 5.78. The smallest absolute Gasteiger partial charge is 0.261 e. The second-order valence-electron chi connectivity index (χ2n) is 6.21. The van der Waals surface area contributed by atoms with Gasteiger partial charge in [0.15, 0.2) is 6.10 Å². The Morgan fingerprint density at radius 2 is 2.04 bits per heavy atom. The predicted molar refractivity (Wildman–Crippen MR) is 89.8 cm³/mol. The van der Waals surface area contributed by atoms with Crippen molar-refractivity contribution in [3.63, 3.8) is 0 Å². The average Bonchev–Trinajstić information content (AvgIpc) is 2.98. The van der Waals surface area contributed by atoms with Crippen molar-refractivity contribution in [3.8, 4) is 5.75 Å². The Morgan fingerprint density at radius 3 is 2.96 bits per heavy atom. The number of nitrogens with one attached hydrogen (secondary N) is 1. The summed E-state index contributed by atoms with van der Waals surface area (Å²) >= 11 is 6.01. The number of hydrogen-bond donors (Lipinski definition) is 1. The maximum Gasteiger partial charge on any atom is 0.261 e. The van der Waals surface area contributed by atoms with Crippen molar-refractivity contribution in [2.75, 3.05) is 0 Å². The number of aryl methyl sites for hydroxylation is 1. The number of ether oxygens (including phenoxy) is 1. The van der Waals surface area contributed by atoms with E-state index in [1.54, 1.807) is 6.07 Å². The second kappa shape index (κ2) is 5.89. The number of benzene rings is 2. The van der Waals surface area contributed by atoms with Crippen molar-refractivity contribution < 1.29 is 9.53 Å². The first kappa shape index (κ1) is 14.6. The van der Waals surface area contributed by atoms with Crippen molar-refractivity contribution in [2.24, 2.45) is 0 Å². The van der Waals surface area contributed by atoms with E-state index in [1.165, 1.54) is 11.1 Å². The van der Waals surface area contributed by atoms with Crippen LogP contribution in [0.4, 0.5) is 0 Å². The summed E-state index contributed by atoms with van der Waals surface area (Å²) in [5, 5.41) is 3.85. The van der Waals surface area contributed by atoms with Gasteiger partial charge in [-0.3, -0.25) is 4.79 Å².